The molecule has 0 aliphatic heterocycles. The average molecular weight is 381 g/mol. The van der Waals surface area contributed by atoms with E-state index in [1.54, 1.807) is 12.1 Å². The molecule has 6 nitrogen and oxygen atoms in total. The predicted octanol–water partition coefficient (Wildman–Crippen LogP) is 3.95. The van der Waals surface area contributed by atoms with Crippen molar-refractivity contribution in [3.63, 3.8) is 0 Å². The molecule has 0 unspecified atom stereocenters. The zero-order valence-electron chi connectivity index (χ0n) is 14.7. The highest BCUT2D eigenvalue weighted by Crippen LogP contribution is 2.29. The molecule has 0 saturated carbocycles. The maximum absolute atomic E-state index is 13.5. The monoisotopic (exact) mass is 381 g/mol. The Labute approximate surface area is 158 Å². The number of thioether (sulfide) groups is 1. The molecule has 1 atom stereocenters. The first-order valence-corrected chi connectivity index (χ1v) is 9.25. The van der Waals surface area contributed by atoms with Crippen molar-refractivity contribution in [3.8, 4) is 5.69 Å². The van der Waals surface area contributed by atoms with E-state index in [1.807, 2.05) is 38.1 Å². The molecule has 136 valence electrons. The fourth-order valence-corrected chi connectivity index (χ4v) is 3.90. The van der Waals surface area contributed by atoms with Crippen molar-refractivity contribution in [1.29, 1.82) is 0 Å². The summed E-state index contributed by atoms with van der Waals surface area (Å²) in [5.41, 5.74) is 2.94. The van der Waals surface area contributed by atoms with E-state index in [1.165, 1.54) is 28.6 Å². The van der Waals surface area contributed by atoms with Crippen LogP contribution in [0.15, 0.2) is 53.7 Å². The lowest BCUT2D eigenvalue weighted by atomic mass is 10.1. The third kappa shape index (κ3) is 3.23. The van der Waals surface area contributed by atoms with Crippen molar-refractivity contribution in [2.24, 2.45) is 0 Å². The van der Waals surface area contributed by atoms with Gasteiger partial charge in [0.15, 0.2) is 5.78 Å². The van der Waals surface area contributed by atoms with Crippen LogP contribution in [0.1, 0.15) is 23.0 Å². The second-order valence-electron chi connectivity index (χ2n) is 6.15. The molecule has 0 aliphatic rings. The van der Waals surface area contributed by atoms with E-state index < -0.39 is 5.25 Å². The number of fused-ring (bicyclic) bond motifs is 1. The maximum Gasteiger partial charge on any atom is 0.214 e. The molecule has 4 aromatic rings. The molecule has 2 aromatic heterocycles. The Bertz CT molecular complexity index is 1140. The van der Waals surface area contributed by atoms with Gasteiger partial charge in [-0.25, -0.2) is 4.39 Å². The number of aromatic nitrogens is 5. The van der Waals surface area contributed by atoms with Crippen LogP contribution in [-0.4, -0.2) is 36.2 Å². The van der Waals surface area contributed by atoms with E-state index >= 15 is 0 Å². The fourth-order valence-electron chi connectivity index (χ4n) is 3.03. The summed E-state index contributed by atoms with van der Waals surface area (Å²) in [5.74, 6) is -0.388. The summed E-state index contributed by atoms with van der Waals surface area (Å²) in [7, 11) is 0. The molecule has 2 aromatic carbocycles. The number of tetrazole rings is 1. The number of H-pyrrole nitrogens is 1. The lowest BCUT2D eigenvalue weighted by Gasteiger charge is -2.10. The molecule has 27 heavy (non-hydrogen) atoms. The van der Waals surface area contributed by atoms with Crippen LogP contribution in [0.5, 0.6) is 0 Å². The first-order valence-electron chi connectivity index (χ1n) is 8.37. The van der Waals surface area contributed by atoms with Gasteiger partial charge in [-0.05, 0) is 48.5 Å². The minimum Gasteiger partial charge on any atom is -0.358 e. The molecule has 0 aliphatic carbocycles. The SMILES string of the molecule is Cc1[nH]c2ccccc2c1C(=O)[C@@H](C)Sc1nnnn1-c1cccc(F)c1. The van der Waals surface area contributed by atoms with Gasteiger partial charge < -0.3 is 4.98 Å². The third-order valence-corrected chi connectivity index (χ3v) is 5.32. The minimum absolute atomic E-state index is 0.0104. The Hall–Kier alpha value is -3.00. The minimum atomic E-state index is -0.416. The summed E-state index contributed by atoms with van der Waals surface area (Å²) in [6, 6.07) is 13.7. The molecule has 2 heterocycles. The van der Waals surface area contributed by atoms with Crippen LogP contribution in [0.4, 0.5) is 4.39 Å². The topological polar surface area (TPSA) is 76.5 Å². The number of halogens is 1. The van der Waals surface area contributed by atoms with Crippen molar-refractivity contribution >= 4 is 28.4 Å². The Morgan fingerprint density at radius 1 is 1.22 bits per heavy atom. The Morgan fingerprint density at radius 3 is 2.85 bits per heavy atom. The number of nitrogens with one attached hydrogen (secondary N) is 1. The maximum atomic E-state index is 13.5. The first-order chi connectivity index (χ1) is 13.0. The molecule has 8 heteroatoms. The number of hydrogen-bond donors (Lipinski definition) is 1. The highest BCUT2D eigenvalue weighted by Gasteiger charge is 2.24. The van der Waals surface area contributed by atoms with E-state index in [0.29, 0.717) is 16.4 Å². The second-order valence-corrected chi connectivity index (χ2v) is 7.46. The van der Waals surface area contributed by atoms with Gasteiger partial charge in [0.1, 0.15) is 5.82 Å². The highest BCUT2D eigenvalue weighted by atomic mass is 32.2. The molecule has 0 radical (unpaired) electrons. The summed E-state index contributed by atoms with van der Waals surface area (Å²) >= 11 is 1.24. The summed E-state index contributed by atoms with van der Waals surface area (Å²) in [5, 5.41) is 12.5. The zero-order valence-corrected chi connectivity index (χ0v) is 15.5. The summed E-state index contributed by atoms with van der Waals surface area (Å²) in [4.78, 5) is 16.3. The summed E-state index contributed by atoms with van der Waals surface area (Å²) in [6.07, 6.45) is 0. The van der Waals surface area contributed by atoms with Gasteiger partial charge in [-0.2, -0.15) is 4.68 Å². The quantitative estimate of drug-likeness (QED) is 0.418. The number of ketones is 1. The van der Waals surface area contributed by atoms with Crippen molar-refractivity contribution < 1.29 is 9.18 Å². The summed E-state index contributed by atoms with van der Waals surface area (Å²) in [6.45, 7) is 3.71. The lowest BCUT2D eigenvalue weighted by molar-refractivity contribution is 0.0995. The number of Topliss-reactive ketones (excluding diaryl/α,β-unsaturated/α-hetero) is 1. The Balaban J connectivity index is 1.63. The van der Waals surface area contributed by atoms with Gasteiger partial charge in [0.2, 0.25) is 5.16 Å². The van der Waals surface area contributed by atoms with Gasteiger partial charge in [-0.1, -0.05) is 36.0 Å². The largest absolute Gasteiger partial charge is 0.358 e. The van der Waals surface area contributed by atoms with Gasteiger partial charge in [0.25, 0.3) is 0 Å². The molecular weight excluding hydrogens is 365 g/mol. The predicted molar refractivity (Wildman–Crippen MR) is 102 cm³/mol. The van der Waals surface area contributed by atoms with E-state index in [0.717, 1.165) is 16.6 Å². The van der Waals surface area contributed by atoms with E-state index in [2.05, 4.69) is 20.5 Å². The fraction of sp³-hybridized carbons (Fsp3) is 0.158. The summed E-state index contributed by atoms with van der Waals surface area (Å²) < 4.78 is 14.9. The first kappa shape index (κ1) is 17.4. The zero-order chi connectivity index (χ0) is 19.0. The number of rotatable bonds is 5. The number of carbonyl (C=O) groups excluding carboxylic acids is 1. The molecule has 0 fully saturated rings. The lowest BCUT2D eigenvalue weighted by Crippen LogP contribution is -2.15. The van der Waals surface area contributed by atoms with Crippen LogP contribution >= 0.6 is 11.8 Å². The van der Waals surface area contributed by atoms with Crippen LogP contribution in [-0.2, 0) is 0 Å². The van der Waals surface area contributed by atoms with Crippen LogP contribution < -0.4 is 0 Å². The number of nitrogens with zero attached hydrogens (tertiary/aromatic N) is 4. The highest BCUT2D eigenvalue weighted by molar-refractivity contribution is 8.00. The number of carbonyl (C=O) groups is 1. The molecule has 4 rings (SSSR count). The molecule has 0 spiro atoms. The van der Waals surface area contributed by atoms with Crippen LogP contribution in [0.25, 0.3) is 16.6 Å². The molecule has 0 bridgehead atoms. The van der Waals surface area contributed by atoms with Gasteiger partial charge in [0.05, 0.1) is 10.9 Å². The Kier molecular flexibility index (Phi) is 4.49. The molecule has 0 amide bonds. The number of hydrogen-bond acceptors (Lipinski definition) is 5. The van der Waals surface area contributed by atoms with Crippen molar-refractivity contribution in [2.45, 2.75) is 24.3 Å². The van der Waals surface area contributed by atoms with Gasteiger partial charge >= 0.3 is 0 Å². The standard InChI is InChI=1S/C19H16FN5OS/c1-11-17(15-8-3-4-9-16(15)21-11)18(26)12(2)27-19-22-23-24-25(19)14-7-5-6-13(20)10-14/h3-10,12,21H,1-2H3/t12-/m1/s1. The van der Waals surface area contributed by atoms with Crippen LogP contribution in [0, 0.1) is 12.7 Å². The number of benzene rings is 2. The second kappa shape index (κ2) is 6.96. The molecule has 0 saturated heterocycles. The molecule has 1 N–H and O–H groups in total. The van der Waals surface area contributed by atoms with Crippen molar-refractivity contribution in [3.05, 3.63) is 65.6 Å². The number of aryl methyl sites for hydroxylation is 1. The van der Waals surface area contributed by atoms with E-state index in [9.17, 15) is 9.18 Å². The smallest absolute Gasteiger partial charge is 0.214 e. The van der Waals surface area contributed by atoms with Crippen LogP contribution in [0.3, 0.4) is 0 Å². The van der Waals surface area contributed by atoms with E-state index in [-0.39, 0.29) is 11.6 Å². The molecular formula is C19H16FN5OS. The number of para-hydroxylation sites is 1. The van der Waals surface area contributed by atoms with Crippen LogP contribution in [0.2, 0.25) is 0 Å². The average Bonchev–Trinajstić information content (AvgIpc) is 3.24. The van der Waals surface area contributed by atoms with E-state index in [4.69, 9.17) is 0 Å². The van der Waals surface area contributed by atoms with Gasteiger partial charge in [-0.15, -0.1) is 5.10 Å². The Morgan fingerprint density at radius 2 is 2.04 bits per heavy atom. The van der Waals surface area contributed by atoms with Gasteiger partial charge in [-0.3, -0.25) is 4.79 Å². The van der Waals surface area contributed by atoms with Gasteiger partial charge in [0, 0.05) is 22.2 Å². The van der Waals surface area contributed by atoms with Crippen molar-refractivity contribution in [1.82, 2.24) is 25.2 Å². The third-order valence-electron chi connectivity index (χ3n) is 4.29. The normalized spacial score (nSPS) is 12.4. The number of aromatic amines is 1. The van der Waals surface area contributed by atoms with Crippen molar-refractivity contribution in [2.75, 3.05) is 0 Å².